The highest BCUT2D eigenvalue weighted by molar-refractivity contribution is 5.12. The lowest BCUT2D eigenvalue weighted by Gasteiger charge is -2.21. The van der Waals surface area contributed by atoms with Crippen LogP contribution in [0.2, 0.25) is 0 Å². The topological polar surface area (TPSA) is 47.5 Å². The number of aromatic nitrogens is 2. The lowest BCUT2D eigenvalue weighted by molar-refractivity contribution is 0.0260. The van der Waals surface area contributed by atoms with Gasteiger partial charge in [-0.15, -0.1) is 5.10 Å². The van der Waals surface area contributed by atoms with Crippen LogP contribution >= 0.6 is 0 Å². The molecule has 0 bridgehead atoms. The third-order valence-electron chi connectivity index (χ3n) is 5.78. The van der Waals surface area contributed by atoms with Gasteiger partial charge in [-0.05, 0) is 50.5 Å². The highest BCUT2D eigenvalue weighted by Gasteiger charge is 2.35. The maximum atomic E-state index is 6.30. The van der Waals surface area contributed by atoms with Crippen LogP contribution in [0.15, 0.2) is 24.3 Å². The first kappa shape index (κ1) is 17.0. The third kappa shape index (κ3) is 4.21. The number of likely N-dealkylation sites (tertiary alicyclic amines) is 1. The average Bonchev–Trinajstić information content (AvgIpc) is 3.23. The second-order valence-corrected chi connectivity index (χ2v) is 7.64. The van der Waals surface area contributed by atoms with Crippen LogP contribution in [0.1, 0.15) is 38.3 Å². The molecule has 25 heavy (non-hydrogen) atoms. The molecule has 2 fully saturated rings. The zero-order valence-corrected chi connectivity index (χ0v) is 15.1. The number of rotatable bonds is 6. The van der Waals surface area contributed by atoms with Gasteiger partial charge in [0.2, 0.25) is 5.88 Å². The first-order valence-corrected chi connectivity index (χ1v) is 9.78. The highest BCUT2D eigenvalue weighted by Crippen LogP contribution is 2.34. The maximum Gasteiger partial charge on any atom is 0.233 e. The van der Waals surface area contributed by atoms with Crippen molar-refractivity contribution >= 4 is 0 Å². The van der Waals surface area contributed by atoms with Crippen LogP contribution in [-0.2, 0) is 11.2 Å². The van der Waals surface area contributed by atoms with Gasteiger partial charge in [0.1, 0.15) is 0 Å². The van der Waals surface area contributed by atoms with Crippen LogP contribution in [0.5, 0.6) is 5.88 Å². The summed E-state index contributed by atoms with van der Waals surface area (Å²) in [4.78, 5) is 2.63. The Kier molecular flexibility index (Phi) is 5.32. The minimum atomic E-state index is 0.281. The van der Waals surface area contributed by atoms with Gasteiger partial charge in [0.15, 0.2) is 0 Å². The highest BCUT2D eigenvalue weighted by atomic mass is 16.5. The van der Waals surface area contributed by atoms with Gasteiger partial charge in [0, 0.05) is 32.1 Å². The Balaban J connectivity index is 1.23. The van der Waals surface area contributed by atoms with Crippen molar-refractivity contribution in [3.63, 3.8) is 0 Å². The Labute approximate surface area is 150 Å². The minimum absolute atomic E-state index is 0.281. The third-order valence-corrected chi connectivity index (χ3v) is 5.78. The van der Waals surface area contributed by atoms with E-state index in [9.17, 15) is 0 Å². The van der Waals surface area contributed by atoms with Crippen molar-refractivity contribution in [1.29, 1.82) is 0 Å². The number of nitrogens with zero attached hydrogens (tertiary/aromatic N) is 3. The number of allylic oxidation sites excluding steroid dienone is 2. The fourth-order valence-electron chi connectivity index (χ4n) is 4.53. The predicted octanol–water partition coefficient (Wildman–Crippen LogP) is 2.86. The van der Waals surface area contributed by atoms with Gasteiger partial charge < -0.3 is 14.4 Å². The van der Waals surface area contributed by atoms with Crippen LogP contribution in [-0.4, -0.2) is 53.5 Å². The van der Waals surface area contributed by atoms with Crippen LogP contribution in [0.3, 0.4) is 0 Å². The summed E-state index contributed by atoms with van der Waals surface area (Å²) in [7, 11) is 0. The molecule has 1 aromatic heterocycles. The zero-order chi connectivity index (χ0) is 17.1. The van der Waals surface area contributed by atoms with Crippen LogP contribution in [0.25, 0.3) is 0 Å². The smallest absolute Gasteiger partial charge is 0.233 e. The summed E-state index contributed by atoms with van der Waals surface area (Å²) in [5.41, 5.74) is 0.993. The average molecular weight is 343 g/mol. The molecule has 4 atom stereocenters. The lowest BCUT2D eigenvalue weighted by atomic mass is 9.86. The van der Waals surface area contributed by atoms with E-state index in [1.165, 1.54) is 32.4 Å². The predicted molar refractivity (Wildman–Crippen MR) is 96.6 cm³/mol. The van der Waals surface area contributed by atoms with E-state index in [1.54, 1.807) is 0 Å². The molecule has 136 valence electrons. The molecule has 4 rings (SSSR count). The van der Waals surface area contributed by atoms with E-state index in [0.717, 1.165) is 36.9 Å². The molecule has 0 unspecified atom stereocenters. The van der Waals surface area contributed by atoms with Crippen molar-refractivity contribution in [2.75, 3.05) is 26.2 Å². The van der Waals surface area contributed by atoms with E-state index in [2.05, 4.69) is 27.2 Å². The monoisotopic (exact) mass is 343 g/mol. The molecular weight excluding hydrogens is 314 g/mol. The van der Waals surface area contributed by atoms with Crippen molar-refractivity contribution in [3.05, 3.63) is 30.0 Å². The minimum Gasteiger partial charge on any atom is -0.477 e. The summed E-state index contributed by atoms with van der Waals surface area (Å²) in [5.74, 6) is 2.35. The second-order valence-electron chi connectivity index (χ2n) is 7.64. The number of ether oxygens (including phenoxy) is 2. The van der Waals surface area contributed by atoms with Crippen molar-refractivity contribution in [3.8, 4) is 5.88 Å². The molecule has 1 aromatic rings. The molecule has 3 aliphatic rings. The molecule has 0 aromatic carbocycles. The van der Waals surface area contributed by atoms with Gasteiger partial charge in [-0.3, -0.25) is 0 Å². The van der Waals surface area contributed by atoms with Crippen molar-refractivity contribution in [1.82, 2.24) is 15.1 Å². The molecule has 0 N–H and O–H groups in total. The fraction of sp³-hybridized carbons (Fsp3) is 0.700. The Morgan fingerprint density at radius 3 is 2.52 bits per heavy atom. The Hall–Kier alpha value is -1.46. The largest absolute Gasteiger partial charge is 0.477 e. The van der Waals surface area contributed by atoms with Crippen LogP contribution in [0, 0.1) is 11.8 Å². The van der Waals surface area contributed by atoms with Crippen molar-refractivity contribution < 1.29 is 9.47 Å². The first-order valence-electron chi connectivity index (χ1n) is 9.78. The fourth-order valence-corrected chi connectivity index (χ4v) is 4.53. The molecule has 2 aliphatic heterocycles. The molecule has 1 aliphatic carbocycles. The number of fused-ring (bicyclic) bond motifs is 1. The van der Waals surface area contributed by atoms with Crippen molar-refractivity contribution in [2.45, 2.75) is 51.2 Å². The summed E-state index contributed by atoms with van der Waals surface area (Å²) >= 11 is 0. The summed E-state index contributed by atoms with van der Waals surface area (Å²) in [6.07, 6.45) is 11.1. The molecule has 0 amide bonds. The summed E-state index contributed by atoms with van der Waals surface area (Å²) in [6.45, 7) is 6.18. The standard InChI is InChI=1S/C20H29N3O2/c1-2-24-20-10-7-17(21-22-20)11-18-8-9-19(25-18)14-23-12-15-5-3-4-6-16(15)13-23/h3-4,7,10,15-16,18-19H,2,5-6,8-9,11-14H2,1H3/t15-,16+,18-,19+/m0/s1. The van der Waals surface area contributed by atoms with E-state index in [0.29, 0.717) is 18.6 Å². The molecule has 0 saturated carbocycles. The molecule has 0 radical (unpaired) electrons. The molecular formula is C20H29N3O2. The van der Waals surface area contributed by atoms with Crippen molar-refractivity contribution in [2.24, 2.45) is 11.8 Å². The quantitative estimate of drug-likeness (QED) is 0.743. The zero-order valence-electron chi connectivity index (χ0n) is 15.1. The van der Waals surface area contributed by atoms with Crippen LogP contribution in [0.4, 0.5) is 0 Å². The maximum absolute atomic E-state index is 6.30. The summed E-state index contributed by atoms with van der Waals surface area (Å²) in [6, 6.07) is 3.91. The summed E-state index contributed by atoms with van der Waals surface area (Å²) in [5, 5.41) is 8.38. The van der Waals surface area contributed by atoms with Gasteiger partial charge in [0.05, 0.1) is 24.5 Å². The SMILES string of the molecule is CCOc1ccc(C[C@@H]2CC[C@H](CN3C[C@H]4CC=CC[C@H]4C3)O2)nn1. The number of hydrogen-bond acceptors (Lipinski definition) is 5. The Morgan fingerprint density at radius 2 is 1.84 bits per heavy atom. The first-order chi connectivity index (χ1) is 12.3. The molecule has 0 spiro atoms. The van der Waals surface area contributed by atoms with Gasteiger partial charge in [0.25, 0.3) is 0 Å². The Bertz CT molecular complexity index is 573. The van der Waals surface area contributed by atoms with Gasteiger partial charge >= 0.3 is 0 Å². The summed E-state index contributed by atoms with van der Waals surface area (Å²) < 4.78 is 11.6. The molecule has 5 heteroatoms. The van der Waals surface area contributed by atoms with E-state index >= 15 is 0 Å². The second kappa shape index (κ2) is 7.83. The van der Waals surface area contributed by atoms with E-state index in [1.807, 2.05) is 19.1 Å². The molecule has 2 saturated heterocycles. The van der Waals surface area contributed by atoms with Gasteiger partial charge in [-0.2, -0.15) is 5.10 Å². The van der Waals surface area contributed by atoms with Crippen LogP contribution < -0.4 is 4.74 Å². The lowest BCUT2D eigenvalue weighted by Crippen LogP contribution is -2.31. The normalized spacial score (nSPS) is 32.0. The molecule has 5 nitrogen and oxygen atoms in total. The van der Waals surface area contributed by atoms with E-state index in [4.69, 9.17) is 9.47 Å². The van der Waals surface area contributed by atoms with Gasteiger partial charge in [-0.25, -0.2) is 0 Å². The van der Waals surface area contributed by atoms with E-state index in [-0.39, 0.29) is 6.10 Å². The number of hydrogen-bond donors (Lipinski definition) is 0. The van der Waals surface area contributed by atoms with E-state index < -0.39 is 0 Å². The van der Waals surface area contributed by atoms with Gasteiger partial charge in [-0.1, -0.05) is 12.2 Å². The molecule has 3 heterocycles. The Morgan fingerprint density at radius 1 is 1.08 bits per heavy atom.